The minimum Gasteiger partial charge on any atom is -0.508 e. The summed E-state index contributed by atoms with van der Waals surface area (Å²) in [6.07, 6.45) is 1.67. The molecule has 98 valence electrons. The molecule has 0 aromatic heterocycles. The maximum Gasteiger partial charge on any atom is 0.125 e. The van der Waals surface area contributed by atoms with Gasteiger partial charge in [-0.15, -0.1) is 0 Å². The Bertz CT molecular complexity index is 630. The second kappa shape index (κ2) is 4.74. The summed E-state index contributed by atoms with van der Waals surface area (Å²) in [5.74, 6) is 0.00756. The Morgan fingerprint density at radius 3 is 2.95 bits per heavy atom. The van der Waals surface area contributed by atoms with Crippen LogP contribution in [-0.4, -0.2) is 5.11 Å². The topological polar surface area (TPSA) is 32.3 Å². The van der Waals surface area contributed by atoms with Crippen LogP contribution < -0.4 is 5.32 Å². The van der Waals surface area contributed by atoms with Crippen LogP contribution in [0, 0.1) is 5.82 Å². The van der Waals surface area contributed by atoms with E-state index in [0.29, 0.717) is 16.5 Å². The van der Waals surface area contributed by atoms with E-state index in [2.05, 4.69) is 5.32 Å². The lowest BCUT2D eigenvalue weighted by Crippen LogP contribution is -2.07. The summed E-state index contributed by atoms with van der Waals surface area (Å²) in [5, 5.41) is 13.5. The average molecular weight is 278 g/mol. The number of halogens is 2. The molecule has 1 atom stereocenters. The standard InChI is InChI=1S/C15H13ClFNO/c16-12-6-4-9(17)8-14(12)18-13-7-5-11-10(13)2-1-3-15(11)19/h1-4,6,8,13,18-19H,5,7H2. The molecule has 0 amide bonds. The molecule has 3 rings (SSSR count). The summed E-state index contributed by atoms with van der Waals surface area (Å²) < 4.78 is 13.2. The van der Waals surface area contributed by atoms with Gasteiger partial charge in [-0.3, -0.25) is 0 Å². The summed E-state index contributed by atoms with van der Waals surface area (Å²) in [4.78, 5) is 0. The maximum atomic E-state index is 13.2. The van der Waals surface area contributed by atoms with Crippen molar-refractivity contribution < 1.29 is 9.50 Å². The molecular formula is C15H13ClFNO. The van der Waals surface area contributed by atoms with E-state index >= 15 is 0 Å². The molecule has 2 nitrogen and oxygen atoms in total. The maximum absolute atomic E-state index is 13.2. The van der Waals surface area contributed by atoms with E-state index in [-0.39, 0.29) is 11.9 Å². The molecule has 2 aromatic rings. The van der Waals surface area contributed by atoms with Gasteiger partial charge >= 0.3 is 0 Å². The van der Waals surface area contributed by atoms with E-state index in [4.69, 9.17) is 11.6 Å². The van der Waals surface area contributed by atoms with Crippen LogP contribution >= 0.6 is 11.6 Å². The average Bonchev–Trinajstić information content (AvgIpc) is 2.79. The third kappa shape index (κ3) is 2.26. The van der Waals surface area contributed by atoms with Gasteiger partial charge in [-0.25, -0.2) is 4.39 Å². The smallest absolute Gasteiger partial charge is 0.125 e. The Kier molecular flexibility index (Phi) is 3.07. The van der Waals surface area contributed by atoms with Crippen LogP contribution in [0.15, 0.2) is 36.4 Å². The fourth-order valence-corrected chi connectivity index (χ4v) is 2.75. The highest BCUT2D eigenvalue weighted by atomic mass is 35.5. The molecule has 0 aliphatic heterocycles. The summed E-state index contributed by atoms with van der Waals surface area (Å²) in [6.45, 7) is 0. The van der Waals surface area contributed by atoms with Crippen LogP contribution in [-0.2, 0) is 6.42 Å². The highest BCUT2D eigenvalue weighted by Crippen LogP contribution is 2.39. The Morgan fingerprint density at radius 1 is 1.26 bits per heavy atom. The van der Waals surface area contributed by atoms with Gasteiger partial charge < -0.3 is 10.4 Å². The van der Waals surface area contributed by atoms with E-state index in [9.17, 15) is 9.50 Å². The van der Waals surface area contributed by atoms with E-state index in [1.165, 1.54) is 18.2 Å². The molecule has 2 aromatic carbocycles. The summed E-state index contributed by atoms with van der Waals surface area (Å²) in [5.41, 5.74) is 2.61. The van der Waals surface area contributed by atoms with Crippen LogP contribution in [0.2, 0.25) is 5.02 Å². The Morgan fingerprint density at radius 2 is 2.11 bits per heavy atom. The van der Waals surface area contributed by atoms with Crippen molar-refractivity contribution in [3.8, 4) is 5.75 Å². The Hall–Kier alpha value is -1.74. The zero-order valence-corrected chi connectivity index (χ0v) is 10.9. The molecule has 0 saturated heterocycles. The largest absolute Gasteiger partial charge is 0.508 e. The molecule has 1 unspecified atom stereocenters. The molecule has 0 radical (unpaired) electrons. The van der Waals surface area contributed by atoms with Crippen molar-refractivity contribution in [3.05, 3.63) is 58.4 Å². The molecule has 0 bridgehead atoms. The number of phenolic OH excluding ortho intramolecular Hbond substituents is 1. The van der Waals surface area contributed by atoms with Gasteiger partial charge in [0.05, 0.1) is 16.8 Å². The number of anilines is 1. The van der Waals surface area contributed by atoms with E-state index in [0.717, 1.165) is 24.0 Å². The molecule has 0 saturated carbocycles. The van der Waals surface area contributed by atoms with Gasteiger partial charge in [0.2, 0.25) is 0 Å². The normalized spacial score (nSPS) is 17.3. The van der Waals surface area contributed by atoms with E-state index < -0.39 is 0 Å². The van der Waals surface area contributed by atoms with Crippen LogP contribution in [0.5, 0.6) is 5.75 Å². The zero-order valence-electron chi connectivity index (χ0n) is 10.2. The lowest BCUT2D eigenvalue weighted by molar-refractivity contribution is 0.469. The Balaban J connectivity index is 1.91. The van der Waals surface area contributed by atoms with Crippen LogP contribution in [0.4, 0.5) is 10.1 Å². The predicted octanol–water partition coefficient (Wildman–Crippen LogP) is 4.28. The van der Waals surface area contributed by atoms with Gasteiger partial charge in [0, 0.05) is 0 Å². The molecule has 0 fully saturated rings. The predicted molar refractivity (Wildman–Crippen MR) is 74.2 cm³/mol. The summed E-state index contributed by atoms with van der Waals surface area (Å²) >= 11 is 6.05. The first kappa shape index (κ1) is 12.3. The molecule has 4 heteroatoms. The quantitative estimate of drug-likeness (QED) is 0.858. The lowest BCUT2D eigenvalue weighted by atomic mass is 10.1. The minimum atomic E-state index is -0.318. The number of fused-ring (bicyclic) bond motifs is 1. The number of hydrogen-bond donors (Lipinski definition) is 2. The number of nitrogens with one attached hydrogen (secondary N) is 1. The van der Waals surface area contributed by atoms with Crippen LogP contribution in [0.1, 0.15) is 23.6 Å². The summed E-state index contributed by atoms with van der Waals surface area (Å²) in [7, 11) is 0. The number of benzene rings is 2. The van der Waals surface area contributed by atoms with Crippen molar-refractivity contribution in [2.24, 2.45) is 0 Å². The van der Waals surface area contributed by atoms with Crippen molar-refractivity contribution in [2.75, 3.05) is 5.32 Å². The van der Waals surface area contributed by atoms with Crippen LogP contribution in [0.3, 0.4) is 0 Å². The first-order valence-corrected chi connectivity index (χ1v) is 6.55. The molecule has 0 heterocycles. The fraction of sp³-hybridized carbons (Fsp3) is 0.200. The summed E-state index contributed by atoms with van der Waals surface area (Å²) in [6, 6.07) is 9.81. The van der Waals surface area contributed by atoms with Crippen molar-refractivity contribution in [3.63, 3.8) is 0 Å². The van der Waals surface area contributed by atoms with E-state index in [1.807, 2.05) is 12.1 Å². The molecule has 2 N–H and O–H groups in total. The minimum absolute atomic E-state index is 0.0569. The second-order valence-corrected chi connectivity index (χ2v) is 5.11. The molecule has 1 aliphatic rings. The highest BCUT2D eigenvalue weighted by molar-refractivity contribution is 6.33. The van der Waals surface area contributed by atoms with E-state index in [1.54, 1.807) is 6.07 Å². The first-order chi connectivity index (χ1) is 9.15. The first-order valence-electron chi connectivity index (χ1n) is 6.17. The van der Waals surface area contributed by atoms with Gasteiger partial charge in [-0.05, 0) is 48.2 Å². The number of hydrogen-bond acceptors (Lipinski definition) is 2. The highest BCUT2D eigenvalue weighted by Gasteiger charge is 2.24. The third-order valence-corrected chi connectivity index (χ3v) is 3.83. The lowest BCUT2D eigenvalue weighted by Gasteiger charge is -2.16. The van der Waals surface area contributed by atoms with Gasteiger partial charge in [0.15, 0.2) is 0 Å². The molecule has 19 heavy (non-hydrogen) atoms. The Labute approximate surface area is 115 Å². The SMILES string of the molecule is Oc1cccc2c1CCC2Nc1cc(F)ccc1Cl. The van der Waals surface area contributed by atoms with Gasteiger partial charge in [-0.2, -0.15) is 0 Å². The van der Waals surface area contributed by atoms with Gasteiger partial charge in [-0.1, -0.05) is 23.7 Å². The molecule has 1 aliphatic carbocycles. The second-order valence-electron chi connectivity index (χ2n) is 4.70. The number of rotatable bonds is 2. The van der Waals surface area contributed by atoms with Crippen LogP contribution in [0.25, 0.3) is 0 Å². The fourth-order valence-electron chi connectivity index (χ4n) is 2.58. The zero-order chi connectivity index (χ0) is 13.4. The number of phenols is 1. The van der Waals surface area contributed by atoms with Gasteiger partial charge in [0.1, 0.15) is 11.6 Å². The number of aromatic hydroxyl groups is 1. The van der Waals surface area contributed by atoms with Crippen molar-refractivity contribution in [1.82, 2.24) is 0 Å². The van der Waals surface area contributed by atoms with Crippen molar-refractivity contribution >= 4 is 17.3 Å². The van der Waals surface area contributed by atoms with Crippen molar-refractivity contribution in [2.45, 2.75) is 18.9 Å². The third-order valence-electron chi connectivity index (χ3n) is 3.50. The molecular weight excluding hydrogens is 265 g/mol. The monoisotopic (exact) mass is 277 g/mol. The van der Waals surface area contributed by atoms with Gasteiger partial charge in [0.25, 0.3) is 0 Å². The molecule has 0 spiro atoms. The van der Waals surface area contributed by atoms with Crippen molar-refractivity contribution in [1.29, 1.82) is 0 Å².